The standard InChI is InChI=1S/C32H38N6O5S/c1-31(2,3)42-28(39)34-21-11-10-12-22(17-21)38-26-20(18-33-27(35-26)44-7)19-37(29(38)40)25-15-16-36(30(41)43-32(4,5)6)24-14-9-8-13-23(24)25/h8-14,17-18,25H,15-16,19H2,1-7H3,(H,34,39). The smallest absolute Gasteiger partial charge is 0.414 e. The third-order valence-corrected chi connectivity index (χ3v) is 7.51. The van der Waals surface area contributed by atoms with Crippen molar-refractivity contribution in [1.82, 2.24) is 14.9 Å². The third kappa shape index (κ3) is 6.75. The van der Waals surface area contributed by atoms with Gasteiger partial charge >= 0.3 is 18.2 Å². The third-order valence-electron chi connectivity index (χ3n) is 6.94. The van der Waals surface area contributed by atoms with E-state index in [9.17, 15) is 14.4 Å². The number of ether oxygens (including phenoxy) is 2. The lowest BCUT2D eigenvalue weighted by Gasteiger charge is -2.44. The van der Waals surface area contributed by atoms with Crippen LogP contribution in [0.25, 0.3) is 0 Å². The SMILES string of the molecule is CSc1ncc2c(n1)N(c1cccc(NC(=O)OC(C)(C)C)c1)C(=O)N(C1CCN(C(=O)OC(C)(C)C)c3ccccc31)C2. The van der Waals surface area contributed by atoms with Gasteiger partial charge in [-0.25, -0.2) is 29.3 Å². The minimum Gasteiger partial charge on any atom is -0.444 e. The maximum atomic E-state index is 14.5. The van der Waals surface area contributed by atoms with Gasteiger partial charge in [-0.2, -0.15) is 0 Å². The van der Waals surface area contributed by atoms with Gasteiger partial charge in [-0.15, -0.1) is 0 Å². The number of fused-ring (bicyclic) bond motifs is 2. The number of hydrogen-bond donors (Lipinski definition) is 1. The van der Waals surface area contributed by atoms with Crippen molar-refractivity contribution in [2.45, 2.75) is 76.9 Å². The van der Waals surface area contributed by atoms with Gasteiger partial charge in [0.05, 0.1) is 24.0 Å². The molecule has 232 valence electrons. The first-order valence-corrected chi connectivity index (χ1v) is 15.7. The van der Waals surface area contributed by atoms with Gasteiger partial charge in [0.25, 0.3) is 0 Å². The highest BCUT2D eigenvalue weighted by Gasteiger charge is 2.41. The number of aromatic nitrogens is 2. The Kier molecular flexibility index (Phi) is 8.48. The molecule has 12 heteroatoms. The second-order valence-corrected chi connectivity index (χ2v) is 13.4. The number of amides is 4. The molecule has 0 spiro atoms. The van der Waals surface area contributed by atoms with E-state index in [1.165, 1.54) is 11.8 Å². The summed E-state index contributed by atoms with van der Waals surface area (Å²) in [6, 6.07) is 14.0. The number of anilines is 4. The van der Waals surface area contributed by atoms with E-state index in [1.54, 1.807) is 65.9 Å². The molecule has 5 rings (SSSR count). The molecule has 0 saturated heterocycles. The normalized spacial score (nSPS) is 16.7. The maximum Gasteiger partial charge on any atom is 0.414 e. The van der Waals surface area contributed by atoms with E-state index >= 15 is 0 Å². The Morgan fingerprint density at radius 1 is 1.00 bits per heavy atom. The number of para-hydroxylation sites is 1. The molecular weight excluding hydrogens is 580 g/mol. The van der Waals surface area contributed by atoms with Crippen LogP contribution in [0.5, 0.6) is 0 Å². The Labute approximate surface area is 261 Å². The molecule has 1 atom stereocenters. The molecular formula is C32H38N6O5S. The molecule has 1 aromatic heterocycles. The molecule has 1 unspecified atom stereocenters. The van der Waals surface area contributed by atoms with Crippen molar-refractivity contribution in [2.24, 2.45) is 0 Å². The minimum absolute atomic E-state index is 0.275. The number of rotatable bonds is 4. The largest absolute Gasteiger partial charge is 0.444 e. The average molecular weight is 619 g/mol. The predicted octanol–water partition coefficient (Wildman–Crippen LogP) is 7.51. The van der Waals surface area contributed by atoms with Crippen molar-refractivity contribution in [2.75, 3.05) is 27.9 Å². The van der Waals surface area contributed by atoms with Crippen LogP contribution in [0.4, 0.5) is 37.3 Å². The molecule has 2 aromatic carbocycles. The summed E-state index contributed by atoms with van der Waals surface area (Å²) in [6.07, 6.45) is 3.12. The van der Waals surface area contributed by atoms with Crippen molar-refractivity contribution in [3.05, 3.63) is 65.9 Å². The molecule has 2 aliphatic rings. The zero-order valence-electron chi connectivity index (χ0n) is 26.1. The first kappa shape index (κ1) is 31.1. The summed E-state index contributed by atoms with van der Waals surface area (Å²) in [5.41, 5.74) is 2.03. The summed E-state index contributed by atoms with van der Waals surface area (Å²) in [4.78, 5) is 54.3. The van der Waals surface area contributed by atoms with Crippen molar-refractivity contribution in [3.8, 4) is 0 Å². The van der Waals surface area contributed by atoms with Crippen LogP contribution in [0.2, 0.25) is 0 Å². The van der Waals surface area contributed by atoms with Crippen LogP contribution in [-0.4, -0.2) is 57.1 Å². The zero-order chi connectivity index (χ0) is 31.8. The minimum atomic E-state index is -0.662. The summed E-state index contributed by atoms with van der Waals surface area (Å²) in [5.74, 6) is 0.486. The van der Waals surface area contributed by atoms with E-state index in [0.717, 1.165) is 11.1 Å². The second-order valence-electron chi connectivity index (χ2n) is 12.6. The summed E-state index contributed by atoms with van der Waals surface area (Å²) < 4.78 is 11.1. The molecule has 44 heavy (non-hydrogen) atoms. The average Bonchev–Trinajstić information content (AvgIpc) is 2.94. The van der Waals surface area contributed by atoms with E-state index in [-0.39, 0.29) is 12.1 Å². The van der Waals surface area contributed by atoms with Crippen LogP contribution in [0.15, 0.2) is 59.9 Å². The molecule has 11 nitrogen and oxygen atoms in total. The van der Waals surface area contributed by atoms with Crippen molar-refractivity contribution in [3.63, 3.8) is 0 Å². The van der Waals surface area contributed by atoms with E-state index in [0.29, 0.717) is 47.5 Å². The van der Waals surface area contributed by atoms with Crippen LogP contribution >= 0.6 is 11.8 Å². The lowest BCUT2D eigenvalue weighted by Crippen LogP contribution is -2.50. The molecule has 0 saturated carbocycles. The number of carbonyl (C=O) groups is 3. The Balaban J connectivity index is 1.52. The van der Waals surface area contributed by atoms with Gasteiger partial charge in [0.15, 0.2) is 11.0 Å². The first-order valence-electron chi connectivity index (χ1n) is 14.4. The Morgan fingerprint density at radius 2 is 1.73 bits per heavy atom. The molecule has 1 N–H and O–H groups in total. The molecule has 0 radical (unpaired) electrons. The molecule has 2 aliphatic heterocycles. The van der Waals surface area contributed by atoms with E-state index in [4.69, 9.17) is 14.5 Å². The number of benzene rings is 2. The number of nitrogens with one attached hydrogen (secondary N) is 1. The second kappa shape index (κ2) is 12.0. The van der Waals surface area contributed by atoms with E-state index in [1.807, 2.05) is 51.3 Å². The quantitative estimate of drug-likeness (QED) is 0.236. The summed E-state index contributed by atoms with van der Waals surface area (Å²) >= 11 is 1.39. The highest BCUT2D eigenvalue weighted by molar-refractivity contribution is 7.98. The van der Waals surface area contributed by atoms with Crippen LogP contribution in [-0.2, 0) is 16.0 Å². The Morgan fingerprint density at radius 3 is 2.43 bits per heavy atom. The van der Waals surface area contributed by atoms with Gasteiger partial charge < -0.3 is 14.4 Å². The van der Waals surface area contributed by atoms with Crippen LogP contribution in [0, 0.1) is 0 Å². The van der Waals surface area contributed by atoms with Gasteiger partial charge in [0, 0.05) is 24.0 Å². The summed E-state index contributed by atoms with van der Waals surface area (Å²) in [6.45, 7) is 11.6. The molecule has 0 fully saturated rings. The number of hydrogen-bond acceptors (Lipinski definition) is 8. The monoisotopic (exact) mass is 618 g/mol. The van der Waals surface area contributed by atoms with Gasteiger partial charge in [-0.05, 0) is 84.0 Å². The number of nitrogens with zero attached hydrogens (tertiary/aromatic N) is 5. The van der Waals surface area contributed by atoms with Crippen molar-refractivity contribution >= 4 is 52.9 Å². The number of thioether (sulfide) groups is 1. The van der Waals surface area contributed by atoms with Gasteiger partial charge in [0.1, 0.15) is 11.2 Å². The summed E-state index contributed by atoms with van der Waals surface area (Å²) in [7, 11) is 0. The highest BCUT2D eigenvalue weighted by atomic mass is 32.2. The molecule has 0 bridgehead atoms. The number of urea groups is 1. The van der Waals surface area contributed by atoms with Crippen molar-refractivity contribution in [1.29, 1.82) is 0 Å². The lowest BCUT2D eigenvalue weighted by molar-refractivity contribution is 0.0570. The van der Waals surface area contributed by atoms with E-state index in [2.05, 4.69) is 10.3 Å². The zero-order valence-corrected chi connectivity index (χ0v) is 26.9. The number of carbonyl (C=O) groups excluding carboxylic acids is 3. The van der Waals surface area contributed by atoms with Crippen LogP contribution in [0.1, 0.15) is 65.1 Å². The fourth-order valence-electron chi connectivity index (χ4n) is 5.25. The predicted molar refractivity (Wildman–Crippen MR) is 171 cm³/mol. The van der Waals surface area contributed by atoms with Gasteiger partial charge in [0.2, 0.25) is 0 Å². The van der Waals surface area contributed by atoms with Crippen LogP contribution in [0.3, 0.4) is 0 Å². The van der Waals surface area contributed by atoms with Crippen LogP contribution < -0.4 is 15.1 Å². The lowest BCUT2D eigenvalue weighted by atomic mass is 9.94. The fourth-order valence-corrected chi connectivity index (χ4v) is 5.58. The molecule has 4 amide bonds. The Bertz CT molecular complexity index is 1580. The fraction of sp³-hybridized carbons (Fsp3) is 0.406. The van der Waals surface area contributed by atoms with Gasteiger partial charge in [-0.3, -0.25) is 10.2 Å². The van der Waals surface area contributed by atoms with Gasteiger partial charge in [-0.1, -0.05) is 36.0 Å². The molecule has 3 aromatic rings. The molecule has 3 heterocycles. The first-order chi connectivity index (χ1) is 20.7. The highest BCUT2D eigenvalue weighted by Crippen LogP contribution is 2.43. The topological polar surface area (TPSA) is 117 Å². The molecule has 0 aliphatic carbocycles. The maximum absolute atomic E-state index is 14.5. The Hall–Kier alpha value is -4.32. The van der Waals surface area contributed by atoms with Crippen molar-refractivity contribution < 1.29 is 23.9 Å². The van der Waals surface area contributed by atoms with E-state index < -0.39 is 23.4 Å². The summed E-state index contributed by atoms with van der Waals surface area (Å²) in [5, 5.41) is 3.30.